The second-order valence-corrected chi connectivity index (χ2v) is 4.61. The molecule has 1 atom stereocenters. The molecule has 1 unspecified atom stereocenters. The van der Waals surface area contributed by atoms with Gasteiger partial charge in [-0.05, 0) is 37.8 Å². The van der Waals surface area contributed by atoms with Crippen molar-refractivity contribution in [1.29, 1.82) is 0 Å². The highest BCUT2D eigenvalue weighted by Gasteiger charge is 2.01. The first-order chi connectivity index (χ1) is 6.66. The van der Waals surface area contributed by atoms with Crippen molar-refractivity contribution in [3.63, 3.8) is 0 Å². The molecule has 0 spiro atoms. The maximum Gasteiger partial charge on any atom is 0.00860 e. The number of hydrogen-bond donors (Lipinski definition) is 1. The highest BCUT2D eigenvalue weighted by Crippen LogP contribution is 2.08. The average Bonchev–Trinajstić information content (AvgIpc) is 2.12. The number of rotatable bonds is 8. The number of hydrogen-bond acceptors (Lipinski definition) is 1. The van der Waals surface area contributed by atoms with Crippen molar-refractivity contribution < 1.29 is 0 Å². The fourth-order valence-electron chi connectivity index (χ4n) is 1.44. The van der Waals surface area contributed by atoms with Gasteiger partial charge < -0.3 is 5.32 Å². The van der Waals surface area contributed by atoms with E-state index in [2.05, 4.69) is 32.0 Å². The molecule has 0 amide bonds. The molecular weight excluding hydrogens is 170 g/mol. The summed E-state index contributed by atoms with van der Waals surface area (Å²) in [6.45, 7) is 9.07. The molecule has 0 aromatic carbocycles. The molecular formula is C13H25N. The first-order valence-electron chi connectivity index (χ1n) is 5.81. The molecule has 0 aromatic rings. The second kappa shape index (κ2) is 9.09. The van der Waals surface area contributed by atoms with Gasteiger partial charge in [0.05, 0.1) is 0 Å². The molecule has 0 aromatic heterocycles. The van der Waals surface area contributed by atoms with Gasteiger partial charge in [-0.25, -0.2) is 0 Å². The smallest absolute Gasteiger partial charge is 0.00860 e. The first-order valence-corrected chi connectivity index (χ1v) is 5.81. The van der Waals surface area contributed by atoms with Gasteiger partial charge in [-0.15, -0.1) is 12.3 Å². The van der Waals surface area contributed by atoms with E-state index < -0.39 is 0 Å². The van der Waals surface area contributed by atoms with Crippen LogP contribution in [0.15, 0.2) is 0 Å². The molecule has 0 aliphatic heterocycles. The Labute approximate surface area is 89.7 Å². The van der Waals surface area contributed by atoms with Crippen molar-refractivity contribution in [3.8, 4) is 12.3 Å². The molecule has 0 rings (SSSR count). The van der Waals surface area contributed by atoms with Crippen LogP contribution in [0.4, 0.5) is 0 Å². The fraction of sp³-hybridized carbons (Fsp3) is 0.846. The highest BCUT2D eigenvalue weighted by molar-refractivity contribution is 4.82. The fourth-order valence-corrected chi connectivity index (χ4v) is 1.44. The minimum absolute atomic E-state index is 0.753. The van der Waals surface area contributed by atoms with Gasteiger partial charge in [-0.2, -0.15) is 0 Å². The van der Waals surface area contributed by atoms with Gasteiger partial charge in [-0.1, -0.05) is 27.2 Å². The lowest BCUT2D eigenvalue weighted by molar-refractivity contribution is 0.440. The predicted octanol–water partition coefficient (Wildman–Crippen LogP) is 3.06. The quantitative estimate of drug-likeness (QED) is 0.463. The van der Waals surface area contributed by atoms with Crippen LogP contribution in [0.25, 0.3) is 0 Å². The van der Waals surface area contributed by atoms with Crippen molar-refractivity contribution >= 4 is 0 Å². The minimum Gasteiger partial charge on any atom is -0.316 e. The molecule has 0 aliphatic carbocycles. The van der Waals surface area contributed by atoms with Gasteiger partial charge in [0.2, 0.25) is 0 Å². The molecule has 1 N–H and O–H groups in total. The largest absolute Gasteiger partial charge is 0.316 e. The Kier molecular flexibility index (Phi) is 8.78. The summed E-state index contributed by atoms with van der Waals surface area (Å²) in [4.78, 5) is 0. The zero-order valence-corrected chi connectivity index (χ0v) is 9.97. The molecule has 0 heterocycles. The van der Waals surface area contributed by atoms with Gasteiger partial charge in [-0.3, -0.25) is 0 Å². The first kappa shape index (κ1) is 13.5. The molecule has 14 heavy (non-hydrogen) atoms. The Hall–Kier alpha value is -0.480. The van der Waals surface area contributed by atoms with Crippen LogP contribution in [-0.4, -0.2) is 13.1 Å². The summed E-state index contributed by atoms with van der Waals surface area (Å²) in [7, 11) is 0. The summed E-state index contributed by atoms with van der Waals surface area (Å²) >= 11 is 0. The highest BCUT2D eigenvalue weighted by atomic mass is 14.9. The number of terminal acetylenes is 1. The van der Waals surface area contributed by atoms with Crippen LogP contribution < -0.4 is 5.32 Å². The van der Waals surface area contributed by atoms with Crippen LogP contribution in [0.5, 0.6) is 0 Å². The van der Waals surface area contributed by atoms with E-state index >= 15 is 0 Å². The summed E-state index contributed by atoms with van der Waals surface area (Å²) in [6.07, 6.45) is 9.89. The van der Waals surface area contributed by atoms with E-state index in [0.717, 1.165) is 31.3 Å². The van der Waals surface area contributed by atoms with Gasteiger partial charge in [0.1, 0.15) is 0 Å². The standard InChI is InChI=1S/C13H25N/c1-5-6-7-8-9-13(4)11-14-10-12(2)3/h1,12-14H,6-11H2,2-4H3. The molecule has 0 saturated heterocycles. The summed E-state index contributed by atoms with van der Waals surface area (Å²) in [5.74, 6) is 4.22. The maximum absolute atomic E-state index is 5.20. The van der Waals surface area contributed by atoms with Gasteiger partial charge >= 0.3 is 0 Å². The topological polar surface area (TPSA) is 12.0 Å². The van der Waals surface area contributed by atoms with Crippen LogP contribution in [0.2, 0.25) is 0 Å². The monoisotopic (exact) mass is 195 g/mol. The third kappa shape index (κ3) is 9.61. The van der Waals surface area contributed by atoms with E-state index in [4.69, 9.17) is 6.42 Å². The third-order valence-electron chi connectivity index (χ3n) is 2.31. The SMILES string of the molecule is C#CCCCCC(C)CNCC(C)C. The second-order valence-electron chi connectivity index (χ2n) is 4.61. The Bertz CT molecular complexity index is 155. The van der Waals surface area contributed by atoms with Crippen LogP contribution in [-0.2, 0) is 0 Å². The van der Waals surface area contributed by atoms with Gasteiger partial charge in [0, 0.05) is 6.42 Å². The molecule has 0 aliphatic rings. The Morgan fingerprint density at radius 1 is 1.14 bits per heavy atom. The maximum atomic E-state index is 5.20. The predicted molar refractivity (Wildman–Crippen MR) is 64.2 cm³/mol. The zero-order chi connectivity index (χ0) is 10.8. The van der Waals surface area contributed by atoms with Gasteiger partial charge in [0.25, 0.3) is 0 Å². The Morgan fingerprint density at radius 2 is 1.86 bits per heavy atom. The van der Waals surface area contributed by atoms with E-state index in [1.54, 1.807) is 0 Å². The van der Waals surface area contributed by atoms with Crippen LogP contribution >= 0.6 is 0 Å². The molecule has 0 radical (unpaired) electrons. The zero-order valence-electron chi connectivity index (χ0n) is 9.97. The molecule has 1 heteroatoms. The summed E-state index contributed by atoms with van der Waals surface area (Å²) in [6, 6.07) is 0. The van der Waals surface area contributed by atoms with Crippen molar-refractivity contribution in [2.45, 2.75) is 46.5 Å². The lowest BCUT2D eigenvalue weighted by atomic mass is 10.0. The van der Waals surface area contributed by atoms with E-state index in [-0.39, 0.29) is 0 Å². The third-order valence-corrected chi connectivity index (χ3v) is 2.31. The van der Waals surface area contributed by atoms with E-state index in [9.17, 15) is 0 Å². The molecule has 1 nitrogen and oxygen atoms in total. The van der Waals surface area contributed by atoms with E-state index in [1.807, 2.05) is 0 Å². The van der Waals surface area contributed by atoms with Gasteiger partial charge in [0.15, 0.2) is 0 Å². The summed E-state index contributed by atoms with van der Waals surface area (Å²) in [5, 5.41) is 3.49. The average molecular weight is 195 g/mol. The van der Waals surface area contributed by atoms with Crippen LogP contribution in [0.3, 0.4) is 0 Å². The summed E-state index contributed by atoms with van der Waals surface area (Å²) in [5.41, 5.74) is 0. The Balaban J connectivity index is 3.20. The summed E-state index contributed by atoms with van der Waals surface area (Å²) < 4.78 is 0. The molecule has 0 saturated carbocycles. The van der Waals surface area contributed by atoms with Crippen LogP contribution in [0, 0.1) is 24.2 Å². The molecule has 82 valence electrons. The van der Waals surface area contributed by atoms with Crippen molar-refractivity contribution in [2.24, 2.45) is 11.8 Å². The van der Waals surface area contributed by atoms with E-state index in [0.29, 0.717) is 0 Å². The minimum atomic E-state index is 0.753. The van der Waals surface area contributed by atoms with Crippen molar-refractivity contribution in [3.05, 3.63) is 0 Å². The molecule has 0 fully saturated rings. The number of nitrogens with one attached hydrogen (secondary N) is 1. The van der Waals surface area contributed by atoms with Crippen molar-refractivity contribution in [1.82, 2.24) is 5.32 Å². The van der Waals surface area contributed by atoms with Crippen LogP contribution in [0.1, 0.15) is 46.5 Å². The number of unbranched alkanes of at least 4 members (excludes halogenated alkanes) is 2. The Morgan fingerprint density at radius 3 is 2.43 bits per heavy atom. The lowest BCUT2D eigenvalue weighted by Crippen LogP contribution is -2.25. The van der Waals surface area contributed by atoms with E-state index in [1.165, 1.54) is 19.3 Å². The lowest BCUT2D eigenvalue weighted by Gasteiger charge is -2.13. The normalized spacial score (nSPS) is 12.8. The molecule has 0 bridgehead atoms. The van der Waals surface area contributed by atoms with Crippen molar-refractivity contribution in [2.75, 3.05) is 13.1 Å².